The monoisotopic (exact) mass is 313 g/mol. The molecule has 5 atom stereocenters. The van der Waals surface area contributed by atoms with Crippen LogP contribution in [0.2, 0.25) is 0 Å². The predicted molar refractivity (Wildman–Crippen MR) is 92.6 cm³/mol. The van der Waals surface area contributed by atoms with Crippen LogP contribution < -0.4 is 0 Å². The van der Waals surface area contributed by atoms with Crippen LogP contribution >= 0.6 is 0 Å². The number of ketones is 1. The van der Waals surface area contributed by atoms with Crippen molar-refractivity contribution in [3.63, 3.8) is 0 Å². The maximum atomic E-state index is 11.8. The molecule has 3 aliphatic rings. The summed E-state index contributed by atoms with van der Waals surface area (Å²) in [6, 6.07) is 2.69. The zero-order chi connectivity index (χ0) is 16.7. The predicted octanol–water partition coefficient (Wildman–Crippen LogP) is 5.44. The quantitative estimate of drug-likeness (QED) is 0.597. The molecule has 0 unspecified atom stereocenters. The Morgan fingerprint density at radius 3 is 2.65 bits per heavy atom. The Hall–Kier alpha value is -1.10. The maximum absolute atomic E-state index is 11.8. The zero-order valence-electron chi connectivity index (χ0n) is 15.0. The summed E-state index contributed by atoms with van der Waals surface area (Å²) in [5.74, 6) is 2.25. The molecule has 2 saturated carbocycles. The highest BCUT2D eigenvalue weighted by molar-refractivity contribution is 5.91. The number of allylic oxidation sites excluding steroid dienone is 2. The van der Waals surface area contributed by atoms with E-state index < -0.39 is 0 Å². The summed E-state index contributed by atoms with van der Waals surface area (Å²) in [5, 5.41) is 9.80. The first-order valence-electron chi connectivity index (χ1n) is 9.54. The fraction of sp³-hybridized carbons (Fsp3) is 0.810. The van der Waals surface area contributed by atoms with Crippen molar-refractivity contribution < 1.29 is 4.79 Å². The topological polar surface area (TPSA) is 40.9 Å². The first-order chi connectivity index (χ1) is 10.9. The van der Waals surface area contributed by atoms with Crippen molar-refractivity contribution in [2.75, 3.05) is 0 Å². The van der Waals surface area contributed by atoms with Crippen molar-refractivity contribution in [1.82, 2.24) is 0 Å². The molecule has 3 rings (SSSR count). The number of fused-ring (bicyclic) bond motifs is 2. The van der Waals surface area contributed by atoms with E-state index in [0.717, 1.165) is 25.7 Å². The maximum Gasteiger partial charge on any atom is 0.155 e. The molecular weight excluding hydrogens is 282 g/mol. The molecule has 0 saturated heterocycles. The third-order valence-corrected chi connectivity index (χ3v) is 7.75. The van der Waals surface area contributed by atoms with Crippen LogP contribution in [0.1, 0.15) is 78.6 Å². The van der Waals surface area contributed by atoms with E-state index in [1.807, 2.05) is 6.08 Å². The van der Waals surface area contributed by atoms with Gasteiger partial charge in [-0.1, -0.05) is 19.4 Å². The van der Waals surface area contributed by atoms with Crippen molar-refractivity contribution in [3.05, 3.63) is 11.6 Å². The highest BCUT2D eigenvalue weighted by Gasteiger charge is 2.54. The normalized spacial score (nSPS) is 44.7. The highest BCUT2D eigenvalue weighted by Crippen LogP contribution is 2.60. The fourth-order valence-electron chi connectivity index (χ4n) is 5.70. The first-order valence-corrected chi connectivity index (χ1v) is 9.54. The minimum atomic E-state index is -0.155. The third kappa shape index (κ3) is 2.77. The summed E-state index contributed by atoms with van der Waals surface area (Å²) in [5.41, 5.74) is 1.44. The van der Waals surface area contributed by atoms with Gasteiger partial charge in [-0.05, 0) is 87.5 Å². The number of hydrogen-bond acceptors (Lipinski definition) is 2. The van der Waals surface area contributed by atoms with Crippen molar-refractivity contribution >= 4 is 5.78 Å². The molecule has 2 heteroatoms. The summed E-state index contributed by atoms with van der Waals surface area (Å²) in [6.45, 7) is 6.96. The molecular formula is C21H31NO. The van der Waals surface area contributed by atoms with Gasteiger partial charge in [0, 0.05) is 6.42 Å². The number of carbonyl (C=O) groups excluding carboxylic acids is 1. The van der Waals surface area contributed by atoms with Crippen molar-refractivity contribution in [1.29, 1.82) is 5.26 Å². The molecule has 0 amide bonds. The average molecular weight is 313 g/mol. The molecule has 2 fully saturated rings. The SMILES string of the molecule is C[C@@H]1CC[C@@]2(C)[C@H](CCCC3=CC(=O)CC[C@@H]31)CC[C@]2(C)C#N. The molecule has 0 bridgehead atoms. The molecule has 0 spiro atoms. The summed E-state index contributed by atoms with van der Waals surface area (Å²) in [4.78, 5) is 11.8. The number of nitriles is 1. The molecule has 0 N–H and O–H groups in total. The lowest BCUT2D eigenvalue weighted by Gasteiger charge is -2.43. The van der Waals surface area contributed by atoms with Crippen LogP contribution in [0.4, 0.5) is 0 Å². The molecule has 0 radical (unpaired) electrons. The molecule has 0 aromatic heterocycles. The van der Waals surface area contributed by atoms with E-state index in [-0.39, 0.29) is 10.8 Å². The van der Waals surface area contributed by atoms with Gasteiger partial charge in [0.25, 0.3) is 0 Å². The van der Waals surface area contributed by atoms with Gasteiger partial charge < -0.3 is 0 Å². The lowest BCUT2D eigenvalue weighted by atomic mass is 9.60. The first kappa shape index (κ1) is 16.7. The molecule has 0 aromatic rings. The minimum Gasteiger partial charge on any atom is -0.295 e. The van der Waals surface area contributed by atoms with Gasteiger partial charge in [-0.2, -0.15) is 5.26 Å². The van der Waals surface area contributed by atoms with E-state index in [2.05, 4.69) is 26.8 Å². The van der Waals surface area contributed by atoms with Gasteiger partial charge >= 0.3 is 0 Å². The molecule has 0 aliphatic heterocycles. The second kappa shape index (κ2) is 6.08. The summed E-state index contributed by atoms with van der Waals surface area (Å²) < 4.78 is 0. The Morgan fingerprint density at radius 2 is 1.91 bits per heavy atom. The van der Waals surface area contributed by atoms with Crippen LogP contribution in [0.15, 0.2) is 11.6 Å². The lowest BCUT2D eigenvalue weighted by Crippen LogP contribution is -2.37. The van der Waals surface area contributed by atoms with Crippen LogP contribution in [0.5, 0.6) is 0 Å². The van der Waals surface area contributed by atoms with E-state index in [9.17, 15) is 10.1 Å². The van der Waals surface area contributed by atoms with Crippen LogP contribution in [0, 0.1) is 39.9 Å². The summed E-state index contributed by atoms with van der Waals surface area (Å²) in [6.07, 6.45) is 11.9. The van der Waals surface area contributed by atoms with Gasteiger partial charge in [0.2, 0.25) is 0 Å². The van der Waals surface area contributed by atoms with E-state index >= 15 is 0 Å². The molecule has 3 aliphatic carbocycles. The molecule has 126 valence electrons. The second-order valence-corrected chi connectivity index (χ2v) is 8.84. The van der Waals surface area contributed by atoms with Gasteiger partial charge in [-0.15, -0.1) is 0 Å². The Kier molecular flexibility index (Phi) is 4.43. The Balaban J connectivity index is 1.86. The summed E-state index contributed by atoms with van der Waals surface area (Å²) >= 11 is 0. The van der Waals surface area contributed by atoms with Crippen LogP contribution in [0.25, 0.3) is 0 Å². The largest absolute Gasteiger partial charge is 0.295 e. The average Bonchev–Trinajstić information content (AvgIpc) is 2.78. The smallest absolute Gasteiger partial charge is 0.155 e. The van der Waals surface area contributed by atoms with E-state index in [0.29, 0.717) is 23.5 Å². The van der Waals surface area contributed by atoms with Crippen molar-refractivity contribution in [2.24, 2.45) is 28.6 Å². The number of hydrogen-bond donors (Lipinski definition) is 0. The highest BCUT2D eigenvalue weighted by atomic mass is 16.1. The second-order valence-electron chi connectivity index (χ2n) is 8.84. The van der Waals surface area contributed by atoms with Gasteiger partial charge in [0.1, 0.15) is 0 Å². The lowest BCUT2D eigenvalue weighted by molar-refractivity contribution is -0.115. The standard InChI is InChI=1S/C21H31NO/c1-15-9-12-21(3)17(10-11-20(21,2)14-22)6-4-5-16-13-18(23)7-8-19(15)16/h13,15,17,19H,4-12H2,1-3H3/t15-,17-,19-,20-,21+/m1/s1. The number of nitrogens with zero attached hydrogens (tertiary/aromatic N) is 1. The van der Waals surface area contributed by atoms with Crippen LogP contribution in [-0.4, -0.2) is 5.78 Å². The molecule has 0 aromatic carbocycles. The fourth-order valence-corrected chi connectivity index (χ4v) is 5.70. The Morgan fingerprint density at radius 1 is 1.13 bits per heavy atom. The van der Waals surface area contributed by atoms with Crippen molar-refractivity contribution in [3.8, 4) is 6.07 Å². The van der Waals surface area contributed by atoms with Crippen LogP contribution in [0.3, 0.4) is 0 Å². The molecule has 2 nitrogen and oxygen atoms in total. The third-order valence-electron chi connectivity index (χ3n) is 7.75. The van der Waals surface area contributed by atoms with E-state index in [4.69, 9.17) is 0 Å². The van der Waals surface area contributed by atoms with Gasteiger partial charge in [-0.3, -0.25) is 4.79 Å². The van der Waals surface area contributed by atoms with Gasteiger partial charge in [0.05, 0.1) is 11.5 Å². The number of carbonyl (C=O) groups is 1. The van der Waals surface area contributed by atoms with Crippen molar-refractivity contribution in [2.45, 2.75) is 78.6 Å². The summed E-state index contributed by atoms with van der Waals surface area (Å²) in [7, 11) is 0. The zero-order valence-corrected chi connectivity index (χ0v) is 15.0. The van der Waals surface area contributed by atoms with Gasteiger partial charge in [-0.25, -0.2) is 0 Å². The van der Waals surface area contributed by atoms with Gasteiger partial charge in [0.15, 0.2) is 5.78 Å². The van der Waals surface area contributed by atoms with Crippen LogP contribution in [-0.2, 0) is 4.79 Å². The Labute approximate surface area is 141 Å². The number of rotatable bonds is 0. The van der Waals surface area contributed by atoms with E-state index in [1.54, 1.807) is 0 Å². The molecule has 23 heavy (non-hydrogen) atoms. The Bertz CT molecular complexity index is 557. The minimum absolute atomic E-state index is 0.155. The molecule has 0 heterocycles. The van der Waals surface area contributed by atoms with E-state index in [1.165, 1.54) is 37.7 Å².